The van der Waals surface area contributed by atoms with Crippen LogP contribution < -0.4 is 9.47 Å². The number of carbonyl (C=O) groups is 1. The second-order valence-electron chi connectivity index (χ2n) is 8.85. The Morgan fingerprint density at radius 3 is 2.36 bits per heavy atom. The van der Waals surface area contributed by atoms with Crippen molar-refractivity contribution in [3.8, 4) is 11.5 Å². The molecular formula is C29H30N2O4S. The van der Waals surface area contributed by atoms with E-state index in [0.717, 1.165) is 58.5 Å². The van der Waals surface area contributed by atoms with Gasteiger partial charge in [-0.3, -0.25) is 0 Å². The summed E-state index contributed by atoms with van der Waals surface area (Å²) in [6.45, 7) is 4.16. The maximum atomic E-state index is 12.8. The third-order valence-corrected chi connectivity index (χ3v) is 7.87. The average molecular weight is 503 g/mol. The maximum absolute atomic E-state index is 12.8. The van der Waals surface area contributed by atoms with Crippen molar-refractivity contribution in [1.82, 2.24) is 4.90 Å². The van der Waals surface area contributed by atoms with E-state index in [9.17, 15) is 4.79 Å². The molecular weight excluding hydrogens is 472 g/mol. The van der Waals surface area contributed by atoms with Crippen molar-refractivity contribution in [3.05, 3.63) is 87.1 Å². The Kier molecular flexibility index (Phi) is 6.92. The summed E-state index contributed by atoms with van der Waals surface area (Å²) < 4.78 is 16.1. The van der Waals surface area contributed by atoms with Crippen molar-refractivity contribution in [2.45, 2.75) is 39.2 Å². The van der Waals surface area contributed by atoms with E-state index in [2.05, 4.69) is 35.2 Å². The summed E-state index contributed by atoms with van der Waals surface area (Å²) in [5, 5.41) is 0.817. The van der Waals surface area contributed by atoms with E-state index in [1.54, 1.807) is 14.2 Å². The molecule has 3 aliphatic rings. The molecule has 2 aromatic carbocycles. The fraction of sp³-hybridized carbons (Fsp3) is 0.310. The van der Waals surface area contributed by atoms with Crippen LogP contribution in [0.2, 0.25) is 0 Å². The summed E-state index contributed by atoms with van der Waals surface area (Å²) >= 11 is 1.40. The molecule has 2 heterocycles. The topological polar surface area (TPSA) is 60.4 Å². The zero-order valence-electron chi connectivity index (χ0n) is 21.0. The number of benzene rings is 2. The highest BCUT2D eigenvalue weighted by Gasteiger charge is 2.42. The Bertz CT molecular complexity index is 1290. The fourth-order valence-electron chi connectivity index (χ4n) is 4.99. The number of aliphatic imine (C=N–C) groups is 1. The second kappa shape index (κ2) is 10.3. The molecule has 1 atom stereocenters. The lowest BCUT2D eigenvalue weighted by Crippen LogP contribution is -2.34. The van der Waals surface area contributed by atoms with Crippen molar-refractivity contribution in [2.75, 3.05) is 20.8 Å². The minimum Gasteiger partial charge on any atom is -0.497 e. The van der Waals surface area contributed by atoms with Crippen LogP contribution in [0.3, 0.4) is 0 Å². The standard InChI is InChI=1S/C29H30N2O4S/c1-5-35-28(32)27-18(2)31-26(20-11-15-23(34-4)16-12-20)24-8-6-7-21(25(24)30-29(31)36-27)17-19-9-13-22(33-3)14-10-19/h9-17,26H,5-8H2,1-4H3/b21-17+. The van der Waals surface area contributed by atoms with Gasteiger partial charge in [0.25, 0.3) is 0 Å². The van der Waals surface area contributed by atoms with Crippen LogP contribution >= 0.6 is 11.8 Å². The van der Waals surface area contributed by atoms with Gasteiger partial charge < -0.3 is 19.1 Å². The van der Waals surface area contributed by atoms with Gasteiger partial charge in [-0.15, -0.1) is 0 Å². The number of fused-ring (bicyclic) bond motifs is 1. The predicted octanol–water partition coefficient (Wildman–Crippen LogP) is 6.48. The summed E-state index contributed by atoms with van der Waals surface area (Å²) in [6, 6.07) is 16.3. The van der Waals surface area contributed by atoms with Crippen LogP contribution in [0.4, 0.5) is 0 Å². The van der Waals surface area contributed by atoms with Gasteiger partial charge in [-0.25, -0.2) is 9.79 Å². The van der Waals surface area contributed by atoms with E-state index in [1.165, 1.54) is 22.9 Å². The normalized spacial score (nSPS) is 20.2. The van der Waals surface area contributed by atoms with Gasteiger partial charge in [0, 0.05) is 5.70 Å². The summed E-state index contributed by atoms with van der Waals surface area (Å²) in [7, 11) is 3.35. The number of nitrogens with zero attached hydrogens (tertiary/aromatic N) is 2. The summed E-state index contributed by atoms with van der Waals surface area (Å²) in [5.41, 5.74) is 6.68. The van der Waals surface area contributed by atoms with Gasteiger partial charge in [0.2, 0.25) is 0 Å². The van der Waals surface area contributed by atoms with Crippen molar-refractivity contribution < 1.29 is 19.0 Å². The summed E-state index contributed by atoms with van der Waals surface area (Å²) in [5.74, 6) is 1.36. The van der Waals surface area contributed by atoms with E-state index in [0.29, 0.717) is 11.5 Å². The SMILES string of the molecule is CCOC(=O)C1=C(C)N2C(=NC3=C(CCC/C3=C\c3ccc(OC)cc3)C2c2ccc(OC)cc2)S1. The Morgan fingerprint density at radius 2 is 1.72 bits per heavy atom. The molecule has 0 saturated carbocycles. The Labute approximate surface area is 216 Å². The predicted molar refractivity (Wildman–Crippen MR) is 144 cm³/mol. The van der Waals surface area contributed by atoms with E-state index in [-0.39, 0.29) is 12.0 Å². The van der Waals surface area contributed by atoms with Crippen LogP contribution in [0.15, 0.2) is 81.0 Å². The molecule has 0 bridgehead atoms. The first-order chi connectivity index (χ1) is 17.5. The van der Waals surface area contributed by atoms with Crippen LogP contribution in [0.1, 0.15) is 50.3 Å². The molecule has 0 amide bonds. The monoisotopic (exact) mass is 502 g/mol. The first-order valence-electron chi connectivity index (χ1n) is 12.2. The van der Waals surface area contributed by atoms with E-state index in [1.807, 2.05) is 38.1 Å². The molecule has 5 rings (SSSR count). The lowest BCUT2D eigenvalue weighted by molar-refractivity contribution is -0.137. The molecule has 2 aliphatic heterocycles. The number of esters is 1. The van der Waals surface area contributed by atoms with Crippen LogP contribution in [-0.2, 0) is 9.53 Å². The first-order valence-corrected chi connectivity index (χ1v) is 13.0. The van der Waals surface area contributed by atoms with Crippen LogP contribution in [0.25, 0.3) is 6.08 Å². The Morgan fingerprint density at radius 1 is 1.06 bits per heavy atom. The number of thioether (sulfide) groups is 1. The third-order valence-electron chi connectivity index (χ3n) is 6.73. The molecule has 36 heavy (non-hydrogen) atoms. The number of methoxy groups -OCH3 is 2. The van der Waals surface area contributed by atoms with Gasteiger partial charge in [-0.1, -0.05) is 24.3 Å². The van der Waals surface area contributed by atoms with Crippen LogP contribution in [-0.4, -0.2) is 36.9 Å². The molecule has 1 aliphatic carbocycles. The van der Waals surface area contributed by atoms with E-state index in [4.69, 9.17) is 19.2 Å². The van der Waals surface area contributed by atoms with Gasteiger partial charge >= 0.3 is 5.97 Å². The van der Waals surface area contributed by atoms with Crippen molar-refractivity contribution in [1.29, 1.82) is 0 Å². The molecule has 0 spiro atoms. The number of carbonyl (C=O) groups excluding carboxylic acids is 1. The molecule has 186 valence electrons. The number of hydrogen-bond acceptors (Lipinski definition) is 7. The Hall–Kier alpha value is -3.45. The summed E-state index contributed by atoms with van der Waals surface area (Å²) in [6.07, 6.45) is 5.18. The quantitative estimate of drug-likeness (QED) is 0.422. The molecule has 0 radical (unpaired) electrons. The van der Waals surface area contributed by atoms with Gasteiger partial charge in [0.1, 0.15) is 16.4 Å². The molecule has 0 aromatic heterocycles. The van der Waals surface area contributed by atoms with Gasteiger partial charge in [0.05, 0.1) is 32.6 Å². The molecule has 0 N–H and O–H groups in total. The minimum atomic E-state index is -0.294. The van der Waals surface area contributed by atoms with E-state index < -0.39 is 0 Å². The number of rotatable bonds is 6. The second-order valence-corrected chi connectivity index (χ2v) is 9.82. The van der Waals surface area contributed by atoms with Crippen molar-refractivity contribution in [2.24, 2.45) is 4.99 Å². The third kappa shape index (κ3) is 4.44. The lowest BCUT2D eigenvalue weighted by atomic mass is 9.83. The number of hydrogen-bond donors (Lipinski definition) is 0. The number of ether oxygens (including phenoxy) is 3. The minimum absolute atomic E-state index is 0.0441. The molecule has 7 heteroatoms. The number of amidine groups is 1. The molecule has 0 saturated heterocycles. The first kappa shape index (κ1) is 24.3. The lowest BCUT2D eigenvalue weighted by Gasteiger charge is -2.39. The van der Waals surface area contributed by atoms with Crippen molar-refractivity contribution >= 4 is 29.0 Å². The molecule has 6 nitrogen and oxygen atoms in total. The fourth-order valence-corrected chi connectivity index (χ4v) is 6.03. The van der Waals surface area contributed by atoms with Crippen molar-refractivity contribution in [3.63, 3.8) is 0 Å². The highest BCUT2D eigenvalue weighted by atomic mass is 32.2. The molecule has 0 fully saturated rings. The summed E-state index contributed by atoms with van der Waals surface area (Å²) in [4.78, 5) is 20.7. The molecule has 2 aromatic rings. The maximum Gasteiger partial charge on any atom is 0.346 e. The highest BCUT2D eigenvalue weighted by molar-refractivity contribution is 8.18. The average Bonchev–Trinajstić information content (AvgIpc) is 3.24. The van der Waals surface area contributed by atoms with Crippen LogP contribution in [0, 0.1) is 0 Å². The highest BCUT2D eigenvalue weighted by Crippen LogP contribution is 2.51. The molecule has 1 unspecified atom stereocenters. The zero-order valence-corrected chi connectivity index (χ0v) is 21.9. The van der Waals surface area contributed by atoms with Gasteiger partial charge in [-0.2, -0.15) is 0 Å². The Balaban J connectivity index is 1.62. The van der Waals surface area contributed by atoms with Crippen LogP contribution in [0.5, 0.6) is 11.5 Å². The zero-order chi connectivity index (χ0) is 25.2. The van der Waals surface area contributed by atoms with Gasteiger partial charge in [0.15, 0.2) is 5.17 Å². The number of allylic oxidation sites excluding steroid dienone is 2. The largest absolute Gasteiger partial charge is 0.497 e. The smallest absolute Gasteiger partial charge is 0.346 e. The van der Waals surface area contributed by atoms with Gasteiger partial charge in [-0.05, 0) is 97.5 Å². The van der Waals surface area contributed by atoms with E-state index >= 15 is 0 Å².